The van der Waals surface area contributed by atoms with Gasteiger partial charge in [0.05, 0.1) is 5.02 Å². The van der Waals surface area contributed by atoms with Gasteiger partial charge in [0.25, 0.3) is 0 Å². The highest BCUT2D eigenvalue weighted by molar-refractivity contribution is 7.89. The lowest BCUT2D eigenvalue weighted by atomic mass is 10.3. The van der Waals surface area contributed by atoms with Gasteiger partial charge in [-0.2, -0.15) is 4.72 Å². The molecule has 0 heterocycles. The molecule has 1 aromatic rings. The van der Waals surface area contributed by atoms with Crippen LogP contribution in [0.1, 0.15) is 6.92 Å². The van der Waals surface area contributed by atoms with E-state index in [4.69, 9.17) is 16.7 Å². The van der Waals surface area contributed by atoms with Crippen LogP contribution >= 0.6 is 11.6 Å². The van der Waals surface area contributed by atoms with Crippen LogP contribution in [-0.2, 0) is 14.8 Å². The minimum Gasteiger partial charge on any atom is -0.480 e. The Morgan fingerprint density at radius 1 is 1.53 bits per heavy atom. The van der Waals surface area contributed by atoms with Crippen molar-refractivity contribution in [1.29, 1.82) is 0 Å². The maximum Gasteiger partial charge on any atom is 0.321 e. The third-order valence-electron chi connectivity index (χ3n) is 1.91. The first kappa shape index (κ1) is 13.9. The van der Waals surface area contributed by atoms with E-state index in [0.29, 0.717) is 0 Å². The lowest BCUT2D eigenvalue weighted by Crippen LogP contribution is -2.38. The second kappa shape index (κ2) is 4.99. The highest BCUT2D eigenvalue weighted by Gasteiger charge is 2.25. The number of carbonyl (C=O) groups is 1. The number of hydrogen-bond donors (Lipinski definition) is 2. The van der Waals surface area contributed by atoms with Crippen molar-refractivity contribution >= 4 is 27.6 Å². The fourth-order valence-corrected chi connectivity index (χ4v) is 2.57. The minimum atomic E-state index is -4.25. The van der Waals surface area contributed by atoms with Gasteiger partial charge in [-0.3, -0.25) is 4.79 Å². The van der Waals surface area contributed by atoms with Crippen LogP contribution in [-0.4, -0.2) is 25.5 Å². The Kier molecular flexibility index (Phi) is 4.07. The van der Waals surface area contributed by atoms with E-state index in [2.05, 4.69) is 0 Å². The number of carboxylic acids is 1. The van der Waals surface area contributed by atoms with E-state index in [9.17, 15) is 17.6 Å². The molecule has 5 nitrogen and oxygen atoms in total. The SMILES string of the molecule is C[C@H](NS(=O)(=O)c1cccc(Cl)c1F)C(=O)O. The minimum absolute atomic E-state index is 0.351. The average Bonchev–Trinajstić information content (AvgIpc) is 2.21. The molecule has 0 unspecified atom stereocenters. The van der Waals surface area contributed by atoms with E-state index < -0.39 is 32.7 Å². The molecule has 0 bridgehead atoms. The van der Waals surface area contributed by atoms with Gasteiger partial charge in [-0.15, -0.1) is 0 Å². The molecule has 1 atom stereocenters. The standard InChI is InChI=1S/C9H9ClFNO4S/c1-5(9(13)14)12-17(15,16)7-4-2-3-6(10)8(7)11/h2-5,12H,1H3,(H,13,14)/t5-/m0/s1. The first-order chi connectivity index (χ1) is 7.75. The van der Waals surface area contributed by atoms with Gasteiger partial charge >= 0.3 is 5.97 Å². The number of nitrogens with one attached hydrogen (secondary N) is 1. The first-order valence-corrected chi connectivity index (χ1v) is 6.31. The number of rotatable bonds is 4. The second-order valence-corrected chi connectivity index (χ2v) is 5.32. The summed E-state index contributed by atoms with van der Waals surface area (Å²) in [5.41, 5.74) is 0. The quantitative estimate of drug-likeness (QED) is 0.869. The number of aliphatic carboxylic acids is 1. The highest BCUT2D eigenvalue weighted by atomic mass is 35.5. The second-order valence-electron chi connectivity index (χ2n) is 3.23. The van der Waals surface area contributed by atoms with Crippen LogP contribution in [0.2, 0.25) is 5.02 Å². The van der Waals surface area contributed by atoms with Gasteiger partial charge in [-0.1, -0.05) is 17.7 Å². The van der Waals surface area contributed by atoms with Crippen LogP contribution in [0.4, 0.5) is 4.39 Å². The fourth-order valence-electron chi connectivity index (χ4n) is 1.04. The van der Waals surface area contributed by atoms with Gasteiger partial charge < -0.3 is 5.11 Å². The molecule has 0 saturated heterocycles. The van der Waals surface area contributed by atoms with Crippen molar-refractivity contribution in [3.05, 3.63) is 29.0 Å². The maximum atomic E-state index is 13.5. The normalized spacial score (nSPS) is 13.4. The Morgan fingerprint density at radius 2 is 2.12 bits per heavy atom. The van der Waals surface area contributed by atoms with Gasteiger partial charge in [-0.25, -0.2) is 12.8 Å². The van der Waals surface area contributed by atoms with E-state index in [-0.39, 0.29) is 5.02 Å². The first-order valence-electron chi connectivity index (χ1n) is 4.45. The van der Waals surface area contributed by atoms with Gasteiger partial charge in [-0.05, 0) is 19.1 Å². The largest absolute Gasteiger partial charge is 0.480 e. The van der Waals surface area contributed by atoms with Crippen molar-refractivity contribution < 1.29 is 22.7 Å². The van der Waals surface area contributed by atoms with Crippen LogP contribution in [0.15, 0.2) is 23.1 Å². The highest BCUT2D eigenvalue weighted by Crippen LogP contribution is 2.21. The summed E-state index contributed by atoms with van der Waals surface area (Å²) in [6.45, 7) is 1.13. The molecule has 0 aromatic heterocycles. The number of benzene rings is 1. The molecule has 0 fully saturated rings. The molecule has 17 heavy (non-hydrogen) atoms. The Morgan fingerprint density at radius 3 is 2.65 bits per heavy atom. The van der Waals surface area contributed by atoms with E-state index in [1.54, 1.807) is 0 Å². The summed E-state index contributed by atoms with van der Waals surface area (Å²) in [4.78, 5) is 9.83. The maximum absolute atomic E-state index is 13.5. The van der Waals surface area contributed by atoms with Crippen molar-refractivity contribution in [2.24, 2.45) is 0 Å². The molecule has 0 radical (unpaired) electrons. The predicted octanol–water partition coefficient (Wildman–Crippen LogP) is 1.23. The zero-order valence-electron chi connectivity index (χ0n) is 8.65. The summed E-state index contributed by atoms with van der Waals surface area (Å²) in [5.74, 6) is -2.48. The van der Waals surface area contributed by atoms with E-state index in [1.165, 1.54) is 12.1 Å². The fraction of sp³-hybridized carbons (Fsp3) is 0.222. The molecule has 0 amide bonds. The van der Waals surface area contributed by atoms with E-state index >= 15 is 0 Å². The summed E-state index contributed by atoms with van der Waals surface area (Å²) < 4.78 is 38.6. The van der Waals surface area contributed by atoms with Crippen LogP contribution in [0.25, 0.3) is 0 Å². The van der Waals surface area contributed by atoms with Crippen LogP contribution < -0.4 is 4.72 Å². The smallest absolute Gasteiger partial charge is 0.321 e. The zero-order chi connectivity index (χ0) is 13.2. The third kappa shape index (κ3) is 3.15. The van der Waals surface area contributed by atoms with Gasteiger partial charge in [0.2, 0.25) is 10.0 Å². The molecule has 2 N–H and O–H groups in total. The lowest BCUT2D eigenvalue weighted by molar-refractivity contribution is -0.138. The molecule has 0 aliphatic rings. The summed E-state index contributed by atoms with van der Waals surface area (Å²) in [6.07, 6.45) is 0. The van der Waals surface area contributed by atoms with Crippen LogP contribution in [0.5, 0.6) is 0 Å². The van der Waals surface area contributed by atoms with Crippen LogP contribution in [0.3, 0.4) is 0 Å². The molecular weight excluding hydrogens is 273 g/mol. The molecule has 94 valence electrons. The Hall–Kier alpha value is -1.18. The molecule has 0 spiro atoms. The number of halogens is 2. The lowest BCUT2D eigenvalue weighted by Gasteiger charge is -2.11. The molecule has 1 aromatic carbocycles. The van der Waals surface area contributed by atoms with Gasteiger partial charge in [0, 0.05) is 0 Å². The van der Waals surface area contributed by atoms with Crippen molar-refractivity contribution in [2.75, 3.05) is 0 Å². The average molecular weight is 282 g/mol. The molecule has 0 aliphatic heterocycles. The summed E-state index contributed by atoms with van der Waals surface area (Å²) in [6, 6.07) is 2.08. The molecular formula is C9H9ClFNO4S. The number of hydrogen-bond acceptors (Lipinski definition) is 3. The Labute approximate surface area is 102 Å². The van der Waals surface area contributed by atoms with Crippen molar-refractivity contribution in [2.45, 2.75) is 17.9 Å². The van der Waals surface area contributed by atoms with Crippen molar-refractivity contribution in [1.82, 2.24) is 4.72 Å². The van der Waals surface area contributed by atoms with Crippen molar-refractivity contribution in [3.63, 3.8) is 0 Å². The monoisotopic (exact) mass is 281 g/mol. The molecule has 0 aliphatic carbocycles. The van der Waals surface area contributed by atoms with E-state index in [1.807, 2.05) is 4.72 Å². The Balaban J connectivity index is 3.14. The molecule has 8 heteroatoms. The third-order valence-corrected chi connectivity index (χ3v) is 3.76. The van der Waals surface area contributed by atoms with Crippen LogP contribution in [0, 0.1) is 5.82 Å². The summed E-state index contributed by atoms with van der Waals surface area (Å²) >= 11 is 5.44. The predicted molar refractivity (Wildman–Crippen MR) is 58.8 cm³/mol. The zero-order valence-corrected chi connectivity index (χ0v) is 10.2. The molecule has 1 rings (SSSR count). The van der Waals surface area contributed by atoms with Gasteiger partial charge in [0.1, 0.15) is 10.9 Å². The van der Waals surface area contributed by atoms with Gasteiger partial charge in [0.15, 0.2) is 5.82 Å². The topological polar surface area (TPSA) is 83.5 Å². The van der Waals surface area contributed by atoms with Crippen molar-refractivity contribution in [3.8, 4) is 0 Å². The summed E-state index contributed by atoms with van der Waals surface area (Å²) in [7, 11) is -4.25. The number of sulfonamides is 1. The molecule has 0 saturated carbocycles. The number of carboxylic acid groups (broad SMARTS) is 1. The summed E-state index contributed by atoms with van der Waals surface area (Å²) in [5, 5.41) is 8.22. The Bertz CT molecular complexity index is 546. The van der Waals surface area contributed by atoms with E-state index in [0.717, 1.165) is 13.0 Å².